The maximum absolute atomic E-state index is 12.0. The molecule has 0 aliphatic heterocycles. The Labute approximate surface area is 113 Å². The molecule has 0 bridgehead atoms. The molecule has 1 rings (SSSR count). The van der Waals surface area contributed by atoms with Gasteiger partial charge in [0.2, 0.25) is 0 Å². The van der Waals surface area contributed by atoms with Crippen molar-refractivity contribution >= 4 is 21.6 Å². The van der Waals surface area contributed by atoms with E-state index in [1.807, 2.05) is 0 Å². The normalized spacial score (nSPS) is 11.7. The molecule has 0 unspecified atom stereocenters. The summed E-state index contributed by atoms with van der Waals surface area (Å²) in [6.45, 7) is 1.07. The highest BCUT2D eigenvalue weighted by Crippen LogP contribution is 2.14. The third-order valence-corrected chi connectivity index (χ3v) is 5.38. The van der Waals surface area contributed by atoms with E-state index >= 15 is 0 Å². The van der Waals surface area contributed by atoms with Crippen molar-refractivity contribution in [1.82, 2.24) is 0 Å². The second-order valence-electron chi connectivity index (χ2n) is 3.77. The first-order valence-electron chi connectivity index (χ1n) is 5.68. The number of hydrogen-bond acceptors (Lipinski definition) is 5. The monoisotopic (exact) mass is 289 g/mol. The zero-order valence-corrected chi connectivity index (χ0v) is 12.1. The summed E-state index contributed by atoms with van der Waals surface area (Å²) >= 11 is 1.58. The SMILES string of the molecule is COCCSCCS(=O)(=O)c1ccc(CN)cc1. The second kappa shape index (κ2) is 7.78. The van der Waals surface area contributed by atoms with Crippen LogP contribution in [0.5, 0.6) is 0 Å². The molecule has 0 saturated heterocycles. The van der Waals surface area contributed by atoms with Crippen LogP contribution in [0.4, 0.5) is 0 Å². The van der Waals surface area contributed by atoms with E-state index in [0.717, 1.165) is 11.3 Å². The molecule has 6 heteroatoms. The average molecular weight is 289 g/mol. The summed E-state index contributed by atoms with van der Waals surface area (Å²) in [6, 6.07) is 6.75. The number of nitrogens with two attached hydrogens (primary N) is 1. The number of rotatable bonds is 8. The summed E-state index contributed by atoms with van der Waals surface area (Å²) in [5, 5.41) is 0. The van der Waals surface area contributed by atoms with Gasteiger partial charge in [-0.05, 0) is 17.7 Å². The molecule has 0 aromatic heterocycles. The van der Waals surface area contributed by atoms with Crippen LogP contribution in [0, 0.1) is 0 Å². The molecule has 0 radical (unpaired) electrons. The molecule has 2 N–H and O–H groups in total. The van der Waals surface area contributed by atoms with Crippen LogP contribution in [-0.4, -0.2) is 39.4 Å². The van der Waals surface area contributed by atoms with Crippen molar-refractivity contribution in [3.8, 4) is 0 Å². The maximum Gasteiger partial charge on any atom is 0.179 e. The zero-order valence-electron chi connectivity index (χ0n) is 10.5. The summed E-state index contributed by atoms with van der Waals surface area (Å²) in [5.41, 5.74) is 6.40. The summed E-state index contributed by atoms with van der Waals surface area (Å²) in [6.07, 6.45) is 0. The van der Waals surface area contributed by atoms with E-state index in [2.05, 4.69) is 0 Å². The molecular weight excluding hydrogens is 270 g/mol. The van der Waals surface area contributed by atoms with Gasteiger partial charge in [-0.3, -0.25) is 0 Å². The largest absolute Gasteiger partial charge is 0.384 e. The van der Waals surface area contributed by atoms with Gasteiger partial charge in [0.05, 0.1) is 17.3 Å². The Morgan fingerprint density at radius 2 is 1.89 bits per heavy atom. The molecule has 4 nitrogen and oxygen atoms in total. The Morgan fingerprint density at radius 3 is 2.44 bits per heavy atom. The Morgan fingerprint density at radius 1 is 1.22 bits per heavy atom. The Hall–Kier alpha value is -0.560. The lowest BCUT2D eigenvalue weighted by atomic mass is 10.2. The van der Waals surface area contributed by atoms with Gasteiger partial charge in [-0.25, -0.2) is 8.42 Å². The van der Waals surface area contributed by atoms with Crippen LogP contribution in [-0.2, 0) is 21.1 Å². The zero-order chi connectivity index (χ0) is 13.4. The highest BCUT2D eigenvalue weighted by atomic mass is 32.2. The van der Waals surface area contributed by atoms with E-state index in [9.17, 15) is 8.42 Å². The fraction of sp³-hybridized carbons (Fsp3) is 0.500. The van der Waals surface area contributed by atoms with Gasteiger partial charge >= 0.3 is 0 Å². The van der Waals surface area contributed by atoms with Crippen molar-refractivity contribution in [1.29, 1.82) is 0 Å². The summed E-state index contributed by atoms with van der Waals surface area (Å²) in [5.74, 6) is 1.56. The molecule has 0 heterocycles. The van der Waals surface area contributed by atoms with Crippen molar-refractivity contribution in [2.24, 2.45) is 5.73 Å². The summed E-state index contributed by atoms with van der Waals surface area (Å²) in [4.78, 5) is 0.368. The van der Waals surface area contributed by atoms with Crippen LogP contribution in [0.15, 0.2) is 29.2 Å². The molecule has 18 heavy (non-hydrogen) atoms. The Kier molecular flexibility index (Phi) is 6.70. The third kappa shape index (κ3) is 4.97. The molecular formula is C12H19NO3S2. The Bertz CT molecular complexity index is 443. The molecule has 0 atom stereocenters. The molecule has 0 fully saturated rings. The van der Waals surface area contributed by atoms with E-state index in [1.54, 1.807) is 43.1 Å². The van der Waals surface area contributed by atoms with E-state index in [-0.39, 0.29) is 5.75 Å². The molecule has 102 valence electrons. The van der Waals surface area contributed by atoms with Crippen LogP contribution in [0.25, 0.3) is 0 Å². The van der Waals surface area contributed by atoms with Gasteiger partial charge in [-0.15, -0.1) is 0 Å². The van der Waals surface area contributed by atoms with E-state index in [1.165, 1.54) is 0 Å². The summed E-state index contributed by atoms with van der Waals surface area (Å²) < 4.78 is 28.9. The van der Waals surface area contributed by atoms with Crippen LogP contribution >= 0.6 is 11.8 Å². The predicted molar refractivity (Wildman–Crippen MR) is 75.6 cm³/mol. The summed E-state index contributed by atoms with van der Waals surface area (Å²) in [7, 11) is -1.54. The molecule has 0 spiro atoms. The van der Waals surface area contributed by atoms with E-state index < -0.39 is 9.84 Å². The van der Waals surface area contributed by atoms with Crippen LogP contribution in [0.1, 0.15) is 5.56 Å². The fourth-order valence-electron chi connectivity index (χ4n) is 1.36. The molecule has 1 aromatic rings. The van der Waals surface area contributed by atoms with Crippen molar-refractivity contribution in [2.45, 2.75) is 11.4 Å². The van der Waals surface area contributed by atoms with E-state index in [4.69, 9.17) is 10.5 Å². The minimum Gasteiger partial charge on any atom is -0.384 e. The standard InChI is InChI=1S/C12H19NO3S2/c1-16-6-7-17-8-9-18(14,15)12-4-2-11(10-13)3-5-12/h2-5H,6-10,13H2,1H3. The molecule has 0 aliphatic rings. The first kappa shape index (κ1) is 15.5. The highest BCUT2D eigenvalue weighted by molar-refractivity contribution is 8.00. The van der Waals surface area contributed by atoms with Crippen molar-refractivity contribution in [2.75, 3.05) is 31.0 Å². The number of methoxy groups -OCH3 is 1. The number of sulfone groups is 1. The number of ether oxygens (including phenoxy) is 1. The van der Waals surface area contributed by atoms with Crippen LogP contribution in [0.3, 0.4) is 0 Å². The quantitative estimate of drug-likeness (QED) is 0.731. The lowest BCUT2D eigenvalue weighted by molar-refractivity contribution is 0.218. The van der Waals surface area contributed by atoms with Crippen molar-refractivity contribution in [3.05, 3.63) is 29.8 Å². The molecule has 0 saturated carbocycles. The third-order valence-electron chi connectivity index (χ3n) is 2.45. The minimum absolute atomic E-state index is 0.156. The Balaban J connectivity index is 2.51. The van der Waals surface area contributed by atoms with Gasteiger partial charge in [0.15, 0.2) is 9.84 Å². The predicted octanol–water partition coefficient (Wildman–Crippen LogP) is 1.30. The van der Waals surface area contributed by atoms with Crippen molar-refractivity contribution in [3.63, 3.8) is 0 Å². The lowest BCUT2D eigenvalue weighted by Crippen LogP contribution is -2.10. The second-order valence-corrected chi connectivity index (χ2v) is 7.11. The smallest absolute Gasteiger partial charge is 0.179 e. The van der Waals surface area contributed by atoms with Gasteiger partial charge < -0.3 is 10.5 Å². The van der Waals surface area contributed by atoms with Gasteiger partial charge in [-0.1, -0.05) is 12.1 Å². The van der Waals surface area contributed by atoms with Gasteiger partial charge in [-0.2, -0.15) is 11.8 Å². The molecule has 1 aromatic carbocycles. The molecule has 0 aliphatic carbocycles. The number of thioether (sulfide) groups is 1. The van der Waals surface area contributed by atoms with E-state index in [0.29, 0.717) is 23.8 Å². The fourth-order valence-corrected chi connectivity index (χ4v) is 3.99. The minimum atomic E-state index is -3.17. The first-order valence-corrected chi connectivity index (χ1v) is 8.49. The van der Waals surface area contributed by atoms with Gasteiger partial charge in [0.25, 0.3) is 0 Å². The number of benzene rings is 1. The van der Waals surface area contributed by atoms with Crippen molar-refractivity contribution < 1.29 is 13.2 Å². The maximum atomic E-state index is 12.0. The van der Waals surface area contributed by atoms with Crippen LogP contribution in [0.2, 0.25) is 0 Å². The van der Waals surface area contributed by atoms with Crippen LogP contribution < -0.4 is 5.73 Å². The van der Waals surface area contributed by atoms with Gasteiger partial charge in [0.1, 0.15) is 0 Å². The average Bonchev–Trinajstić information content (AvgIpc) is 2.38. The topological polar surface area (TPSA) is 69.4 Å². The number of hydrogen-bond donors (Lipinski definition) is 1. The van der Waals surface area contributed by atoms with Gasteiger partial charge in [0, 0.05) is 25.2 Å². The molecule has 0 amide bonds. The first-order chi connectivity index (χ1) is 8.60. The lowest BCUT2D eigenvalue weighted by Gasteiger charge is -2.05. The highest BCUT2D eigenvalue weighted by Gasteiger charge is 2.13.